The maximum absolute atomic E-state index is 6.10. The van der Waals surface area contributed by atoms with Crippen LogP contribution in [0.4, 0.5) is 0 Å². The van der Waals surface area contributed by atoms with Crippen molar-refractivity contribution < 1.29 is 4.74 Å². The largest absolute Gasteiger partial charge is 0.492 e. The zero-order valence-corrected chi connectivity index (χ0v) is 16.9. The number of aliphatic imine (C=N–C) groups is 1. The fraction of sp³-hybridized carbons (Fsp3) is 0.400. The molecule has 2 N–H and O–H groups in total. The van der Waals surface area contributed by atoms with E-state index in [1.165, 1.54) is 11.9 Å². The minimum absolute atomic E-state index is 0.441. The van der Waals surface area contributed by atoms with E-state index < -0.39 is 0 Å². The van der Waals surface area contributed by atoms with Crippen molar-refractivity contribution in [3.05, 3.63) is 47.6 Å². The summed E-state index contributed by atoms with van der Waals surface area (Å²) in [7, 11) is 4.06. The van der Waals surface area contributed by atoms with Crippen molar-refractivity contribution in [3.8, 4) is 5.75 Å². The second kappa shape index (κ2) is 9.59. The molecular formula is C20H28N4OS. The summed E-state index contributed by atoms with van der Waals surface area (Å²) in [5, 5.41) is 0. The lowest BCUT2D eigenvalue weighted by Gasteiger charge is -2.16. The van der Waals surface area contributed by atoms with E-state index in [2.05, 4.69) is 27.8 Å². The smallest absolute Gasteiger partial charge is 0.139 e. The molecule has 26 heavy (non-hydrogen) atoms. The maximum atomic E-state index is 6.10. The molecule has 1 aliphatic heterocycles. The summed E-state index contributed by atoms with van der Waals surface area (Å²) < 4.78 is 10.4. The molecule has 140 valence electrons. The molecule has 0 aliphatic carbocycles. The van der Waals surface area contributed by atoms with Crippen LogP contribution in [-0.2, 0) is 0 Å². The van der Waals surface area contributed by atoms with Crippen LogP contribution in [0, 0.1) is 0 Å². The van der Waals surface area contributed by atoms with Crippen LogP contribution < -0.4 is 10.5 Å². The third-order valence-corrected chi connectivity index (χ3v) is 5.02. The summed E-state index contributed by atoms with van der Waals surface area (Å²) >= 11 is 1.44. The van der Waals surface area contributed by atoms with Gasteiger partial charge >= 0.3 is 0 Å². The summed E-state index contributed by atoms with van der Waals surface area (Å²) in [6.07, 6.45) is 1.77. The molecule has 0 atom stereocenters. The monoisotopic (exact) mass is 372 g/mol. The van der Waals surface area contributed by atoms with Gasteiger partial charge in [-0.25, -0.2) is 4.99 Å². The van der Waals surface area contributed by atoms with E-state index in [1.54, 1.807) is 0 Å². The van der Waals surface area contributed by atoms with Crippen molar-refractivity contribution in [3.63, 3.8) is 0 Å². The average molecular weight is 373 g/mol. The van der Waals surface area contributed by atoms with Gasteiger partial charge in [0.05, 0.1) is 0 Å². The number of ether oxygens (including phenoxy) is 1. The first kappa shape index (κ1) is 20.3. The van der Waals surface area contributed by atoms with Crippen molar-refractivity contribution in [1.82, 2.24) is 4.90 Å². The molecule has 0 saturated carbocycles. The molecular weight excluding hydrogens is 344 g/mol. The predicted molar refractivity (Wildman–Crippen MR) is 114 cm³/mol. The van der Waals surface area contributed by atoms with Crippen molar-refractivity contribution >= 4 is 28.5 Å². The Morgan fingerprint density at radius 3 is 2.54 bits per heavy atom. The number of nitrogens with two attached hydrogens (primary N) is 1. The van der Waals surface area contributed by atoms with Gasteiger partial charge in [0.25, 0.3) is 0 Å². The van der Waals surface area contributed by atoms with Gasteiger partial charge in [-0.2, -0.15) is 4.40 Å². The molecule has 0 fully saturated rings. The Labute approximate surface area is 160 Å². The van der Waals surface area contributed by atoms with Gasteiger partial charge in [-0.05, 0) is 50.7 Å². The molecule has 1 aliphatic rings. The highest BCUT2D eigenvalue weighted by atomic mass is 32.2. The lowest BCUT2D eigenvalue weighted by atomic mass is 10.0. The van der Waals surface area contributed by atoms with Crippen LogP contribution in [0.2, 0.25) is 0 Å². The maximum Gasteiger partial charge on any atom is 0.139 e. The highest BCUT2D eigenvalue weighted by molar-refractivity contribution is 8.07. The van der Waals surface area contributed by atoms with E-state index in [0.29, 0.717) is 12.4 Å². The van der Waals surface area contributed by atoms with Gasteiger partial charge in [-0.15, -0.1) is 0 Å². The minimum Gasteiger partial charge on any atom is -0.492 e. The summed E-state index contributed by atoms with van der Waals surface area (Å²) in [5.41, 5.74) is 8.93. The zero-order valence-electron chi connectivity index (χ0n) is 16.1. The molecule has 1 heterocycles. The Kier molecular flexibility index (Phi) is 7.48. The van der Waals surface area contributed by atoms with Crippen molar-refractivity contribution in [2.45, 2.75) is 26.7 Å². The van der Waals surface area contributed by atoms with E-state index in [-0.39, 0.29) is 0 Å². The fourth-order valence-electron chi connectivity index (χ4n) is 2.37. The standard InChI is InChI=1S/C20H28N4OS/c1-6-7-18-22-20(21)15(3)14(2)19(26-23-18)16-8-10-17(11-9-16)25-13-12-24(4)5/h8-11H,3,6-7,12-13H2,1-2,4-5H3,(H2,21,22,23)/b19-14-. The Bertz CT molecular complexity index is 733. The minimum atomic E-state index is 0.441. The molecule has 0 spiro atoms. The average Bonchev–Trinajstić information content (AvgIpc) is 2.61. The molecule has 0 radical (unpaired) electrons. The number of rotatable bonds is 7. The third-order valence-electron chi connectivity index (χ3n) is 3.99. The first-order chi connectivity index (χ1) is 12.4. The summed E-state index contributed by atoms with van der Waals surface area (Å²) in [4.78, 5) is 7.55. The van der Waals surface area contributed by atoms with Gasteiger partial charge < -0.3 is 15.4 Å². The van der Waals surface area contributed by atoms with E-state index in [4.69, 9.17) is 10.5 Å². The number of hydrogen-bond acceptors (Lipinski definition) is 6. The van der Waals surface area contributed by atoms with E-state index >= 15 is 0 Å². The van der Waals surface area contributed by atoms with E-state index in [0.717, 1.165) is 52.6 Å². The predicted octanol–water partition coefficient (Wildman–Crippen LogP) is 4.13. The normalized spacial score (nSPS) is 20.3. The Balaban J connectivity index is 2.23. The highest BCUT2D eigenvalue weighted by Gasteiger charge is 2.16. The molecule has 0 unspecified atom stereocenters. The molecule has 1 aromatic carbocycles. The van der Waals surface area contributed by atoms with Crippen LogP contribution >= 0.6 is 11.9 Å². The molecule has 0 amide bonds. The molecule has 0 aromatic heterocycles. The highest BCUT2D eigenvalue weighted by Crippen LogP contribution is 2.36. The van der Waals surface area contributed by atoms with Gasteiger partial charge in [-0.1, -0.05) is 25.6 Å². The summed E-state index contributed by atoms with van der Waals surface area (Å²) in [6, 6.07) is 8.07. The zero-order chi connectivity index (χ0) is 19.1. The van der Waals surface area contributed by atoms with Crippen molar-refractivity contribution in [2.24, 2.45) is 15.1 Å². The quantitative estimate of drug-likeness (QED) is 0.731. The molecule has 6 heteroatoms. The topological polar surface area (TPSA) is 63.2 Å². The molecule has 1 aromatic rings. The number of amidine groups is 2. The van der Waals surface area contributed by atoms with Gasteiger partial charge in [0.15, 0.2) is 0 Å². The van der Waals surface area contributed by atoms with Crippen LogP contribution in [0.25, 0.3) is 4.91 Å². The lowest BCUT2D eigenvalue weighted by Crippen LogP contribution is -2.19. The number of benzene rings is 1. The second-order valence-electron chi connectivity index (χ2n) is 6.45. The second-order valence-corrected chi connectivity index (χ2v) is 7.23. The van der Waals surface area contributed by atoms with E-state index in [1.807, 2.05) is 45.3 Å². The molecule has 0 saturated heterocycles. The van der Waals surface area contributed by atoms with E-state index in [9.17, 15) is 0 Å². The van der Waals surface area contributed by atoms with Crippen molar-refractivity contribution in [2.75, 3.05) is 27.2 Å². The Morgan fingerprint density at radius 2 is 1.92 bits per heavy atom. The van der Waals surface area contributed by atoms with Crippen LogP contribution in [0.1, 0.15) is 32.3 Å². The summed E-state index contributed by atoms with van der Waals surface area (Å²) in [5.74, 6) is 2.06. The molecule has 5 nitrogen and oxygen atoms in total. The van der Waals surface area contributed by atoms with Gasteiger partial charge in [0.1, 0.15) is 24.0 Å². The fourth-order valence-corrected chi connectivity index (χ4v) is 3.20. The van der Waals surface area contributed by atoms with Gasteiger partial charge in [-0.3, -0.25) is 0 Å². The van der Waals surface area contributed by atoms with Crippen LogP contribution in [0.15, 0.2) is 51.4 Å². The van der Waals surface area contributed by atoms with Crippen molar-refractivity contribution in [1.29, 1.82) is 0 Å². The van der Waals surface area contributed by atoms with Crippen LogP contribution in [0.5, 0.6) is 5.75 Å². The van der Waals surface area contributed by atoms with Gasteiger partial charge in [0, 0.05) is 35.4 Å². The SMILES string of the molecule is C=C1C(N)=N/C(CCC)=N\S/C(c2ccc(OCCN(C)C)cc2)=C\1C. The molecule has 2 rings (SSSR count). The lowest BCUT2D eigenvalue weighted by molar-refractivity contribution is 0.261. The van der Waals surface area contributed by atoms with Gasteiger partial charge in [0.2, 0.25) is 0 Å². The number of hydrogen-bond donors (Lipinski definition) is 1. The third kappa shape index (κ3) is 5.47. The molecule has 0 bridgehead atoms. The summed E-state index contributed by atoms with van der Waals surface area (Å²) in [6.45, 7) is 9.77. The number of likely N-dealkylation sites (N-methyl/N-ethyl adjacent to an activating group) is 1. The Morgan fingerprint density at radius 1 is 1.23 bits per heavy atom. The van der Waals surface area contributed by atoms with Crippen LogP contribution in [-0.4, -0.2) is 43.8 Å². The first-order valence-corrected chi connectivity index (χ1v) is 9.56. The number of nitrogens with zero attached hydrogens (tertiary/aromatic N) is 3. The Hall–Kier alpha value is -2.05. The first-order valence-electron chi connectivity index (χ1n) is 8.79. The van der Waals surface area contributed by atoms with Crippen LogP contribution in [0.3, 0.4) is 0 Å².